The van der Waals surface area contributed by atoms with Crippen molar-refractivity contribution < 1.29 is 14.3 Å². The zero-order chi connectivity index (χ0) is 21.3. The second-order valence-electron chi connectivity index (χ2n) is 6.71. The molecule has 0 saturated carbocycles. The molecule has 0 fully saturated rings. The molecule has 1 heterocycles. The first-order chi connectivity index (χ1) is 14.5. The maximum atomic E-state index is 12.3. The van der Waals surface area contributed by atoms with E-state index in [1.807, 2.05) is 62.4 Å². The van der Waals surface area contributed by atoms with E-state index in [4.69, 9.17) is 9.47 Å². The highest BCUT2D eigenvalue weighted by molar-refractivity contribution is 5.75. The molecule has 0 aliphatic carbocycles. The number of hydrogen-bond acceptors (Lipinski definition) is 5. The highest BCUT2D eigenvalue weighted by Gasteiger charge is 2.07. The average Bonchev–Trinajstić information content (AvgIpc) is 2.75. The smallest absolute Gasteiger partial charge is 0.254 e. The molecule has 0 radical (unpaired) electrons. The molecule has 0 bridgehead atoms. The normalized spacial score (nSPS) is 10.5. The van der Waals surface area contributed by atoms with Gasteiger partial charge in [-0.25, -0.2) is 4.98 Å². The van der Waals surface area contributed by atoms with Gasteiger partial charge in [-0.2, -0.15) is 0 Å². The fourth-order valence-corrected chi connectivity index (χ4v) is 2.80. The first-order valence-electron chi connectivity index (χ1n) is 9.81. The Labute approximate surface area is 175 Å². The van der Waals surface area contributed by atoms with E-state index < -0.39 is 0 Å². The van der Waals surface area contributed by atoms with Gasteiger partial charge in [0.25, 0.3) is 5.56 Å². The van der Waals surface area contributed by atoms with Gasteiger partial charge in [0, 0.05) is 11.6 Å². The van der Waals surface area contributed by atoms with Gasteiger partial charge in [0.1, 0.15) is 24.7 Å². The van der Waals surface area contributed by atoms with Gasteiger partial charge in [0.2, 0.25) is 5.91 Å². The van der Waals surface area contributed by atoms with Crippen LogP contribution < -0.4 is 20.3 Å². The van der Waals surface area contributed by atoms with E-state index in [9.17, 15) is 9.59 Å². The zero-order valence-corrected chi connectivity index (χ0v) is 17.1. The third-order valence-corrected chi connectivity index (χ3v) is 4.37. The van der Waals surface area contributed by atoms with E-state index in [2.05, 4.69) is 10.3 Å². The number of nitrogens with zero attached hydrogens (tertiary/aromatic N) is 2. The van der Waals surface area contributed by atoms with Crippen LogP contribution >= 0.6 is 0 Å². The first-order valence-corrected chi connectivity index (χ1v) is 9.81. The van der Waals surface area contributed by atoms with Crippen LogP contribution in [0.5, 0.6) is 11.5 Å². The van der Waals surface area contributed by atoms with Gasteiger partial charge in [-0.15, -0.1) is 0 Å². The number of ether oxygens (including phenoxy) is 2. The predicted octanol–water partition coefficient (Wildman–Crippen LogP) is 2.81. The van der Waals surface area contributed by atoms with Gasteiger partial charge in [0.15, 0.2) is 0 Å². The summed E-state index contributed by atoms with van der Waals surface area (Å²) in [5.74, 6) is 1.20. The van der Waals surface area contributed by atoms with Crippen LogP contribution in [-0.2, 0) is 11.3 Å². The van der Waals surface area contributed by atoms with Crippen molar-refractivity contribution in [3.8, 4) is 22.8 Å². The summed E-state index contributed by atoms with van der Waals surface area (Å²) in [5, 5.41) is 2.74. The van der Waals surface area contributed by atoms with Crippen LogP contribution in [0.2, 0.25) is 0 Å². The Hall–Kier alpha value is -3.61. The lowest BCUT2D eigenvalue weighted by Crippen LogP contribution is -2.34. The summed E-state index contributed by atoms with van der Waals surface area (Å²) in [6, 6.07) is 16.5. The monoisotopic (exact) mass is 407 g/mol. The predicted molar refractivity (Wildman–Crippen MR) is 115 cm³/mol. The van der Waals surface area contributed by atoms with Crippen molar-refractivity contribution in [2.75, 3.05) is 19.8 Å². The lowest BCUT2D eigenvalue weighted by Gasteiger charge is -2.10. The molecule has 1 amide bonds. The summed E-state index contributed by atoms with van der Waals surface area (Å²) >= 11 is 0. The van der Waals surface area contributed by atoms with Gasteiger partial charge >= 0.3 is 0 Å². The fraction of sp³-hybridized carbons (Fsp3) is 0.261. The van der Waals surface area contributed by atoms with E-state index >= 15 is 0 Å². The summed E-state index contributed by atoms with van der Waals surface area (Å²) < 4.78 is 12.2. The van der Waals surface area contributed by atoms with Gasteiger partial charge in [-0.3, -0.25) is 14.2 Å². The minimum Gasteiger partial charge on any atom is -0.494 e. The van der Waals surface area contributed by atoms with Gasteiger partial charge < -0.3 is 14.8 Å². The second kappa shape index (κ2) is 10.2. The Morgan fingerprint density at radius 2 is 1.70 bits per heavy atom. The molecule has 3 rings (SSSR count). The average molecular weight is 407 g/mol. The molecule has 0 aliphatic rings. The van der Waals surface area contributed by atoms with Crippen LogP contribution in [0, 0.1) is 6.92 Å². The van der Waals surface area contributed by atoms with Crippen molar-refractivity contribution in [2.24, 2.45) is 0 Å². The molecule has 1 aromatic heterocycles. The van der Waals surface area contributed by atoms with E-state index in [1.54, 1.807) is 0 Å². The Bertz CT molecular complexity index is 1030. The molecule has 156 valence electrons. The Kier molecular flexibility index (Phi) is 7.21. The standard InChI is InChI=1S/C23H25N3O4/c1-3-29-19-8-10-20(11-9-19)30-13-12-24-22(27)15-26-16-25-21(14-23(26)28)18-6-4-17(2)5-7-18/h4-11,14,16H,3,12-13,15H2,1-2H3,(H,24,27). The van der Waals surface area contributed by atoms with Crippen molar-refractivity contribution in [3.63, 3.8) is 0 Å². The number of carbonyl (C=O) groups is 1. The molecule has 7 heteroatoms. The van der Waals surface area contributed by atoms with E-state index in [0.29, 0.717) is 31.2 Å². The number of aryl methyl sites for hydroxylation is 1. The highest BCUT2D eigenvalue weighted by atomic mass is 16.5. The fourth-order valence-electron chi connectivity index (χ4n) is 2.80. The molecule has 0 spiro atoms. The van der Waals surface area contributed by atoms with E-state index in [-0.39, 0.29) is 18.0 Å². The molecule has 7 nitrogen and oxygen atoms in total. The topological polar surface area (TPSA) is 82.4 Å². The number of carbonyl (C=O) groups excluding carboxylic acids is 1. The van der Waals surface area contributed by atoms with Crippen molar-refractivity contribution in [3.05, 3.63) is 76.8 Å². The molecule has 0 atom stereocenters. The maximum Gasteiger partial charge on any atom is 0.254 e. The Balaban J connectivity index is 1.46. The molecule has 2 aromatic carbocycles. The third-order valence-electron chi connectivity index (χ3n) is 4.37. The largest absolute Gasteiger partial charge is 0.494 e. The summed E-state index contributed by atoms with van der Waals surface area (Å²) in [5.41, 5.74) is 2.30. The van der Waals surface area contributed by atoms with Gasteiger partial charge in [-0.05, 0) is 38.1 Å². The minimum absolute atomic E-state index is 0.0942. The van der Waals surface area contributed by atoms with Crippen LogP contribution in [0.4, 0.5) is 0 Å². The number of nitrogens with one attached hydrogen (secondary N) is 1. The third kappa shape index (κ3) is 5.94. The maximum absolute atomic E-state index is 12.3. The number of aromatic nitrogens is 2. The number of hydrogen-bond donors (Lipinski definition) is 1. The number of rotatable bonds is 9. The molecule has 1 N–H and O–H groups in total. The summed E-state index contributed by atoms with van der Waals surface area (Å²) in [6.45, 7) is 5.09. The molecule has 3 aromatic rings. The van der Waals surface area contributed by atoms with Crippen molar-refractivity contribution in [1.29, 1.82) is 0 Å². The lowest BCUT2D eigenvalue weighted by atomic mass is 10.1. The summed E-state index contributed by atoms with van der Waals surface area (Å²) in [4.78, 5) is 28.7. The first kappa shape index (κ1) is 21.1. The van der Waals surface area contributed by atoms with Crippen LogP contribution in [-0.4, -0.2) is 35.2 Å². The minimum atomic E-state index is -0.280. The van der Waals surface area contributed by atoms with Crippen LogP contribution in [0.15, 0.2) is 65.7 Å². The van der Waals surface area contributed by atoms with Crippen LogP contribution in [0.25, 0.3) is 11.3 Å². The molecule has 0 unspecified atom stereocenters. The SMILES string of the molecule is CCOc1ccc(OCCNC(=O)Cn2cnc(-c3ccc(C)cc3)cc2=O)cc1. The summed E-state index contributed by atoms with van der Waals surface area (Å²) in [7, 11) is 0. The Morgan fingerprint density at radius 1 is 1.03 bits per heavy atom. The van der Waals surface area contributed by atoms with E-state index in [1.165, 1.54) is 17.0 Å². The quantitative estimate of drug-likeness (QED) is 0.552. The van der Waals surface area contributed by atoms with Crippen molar-refractivity contribution >= 4 is 5.91 Å². The lowest BCUT2D eigenvalue weighted by molar-refractivity contribution is -0.121. The van der Waals surface area contributed by atoms with Crippen LogP contribution in [0.1, 0.15) is 12.5 Å². The second-order valence-corrected chi connectivity index (χ2v) is 6.71. The molecular formula is C23H25N3O4. The number of benzene rings is 2. The van der Waals surface area contributed by atoms with E-state index in [0.717, 1.165) is 16.9 Å². The molecular weight excluding hydrogens is 382 g/mol. The zero-order valence-electron chi connectivity index (χ0n) is 17.1. The highest BCUT2D eigenvalue weighted by Crippen LogP contribution is 2.17. The van der Waals surface area contributed by atoms with Gasteiger partial charge in [-0.1, -0.05) is 29.8 Å². The van der Waals surface area contributed by atoms with Crippen molar-refractivity contribution in [2.45, 2.75) is 20.4 Å². The summed E-state index contributed by atoms with van der Waals surface area (Å²) in [6.07, 6.45) is 1.40. The van der Waals surface area contributed by atoms with Crippen molar-refractivity contribution in [1.82, 2.24) is 14.9 Å². The van der Waals surface area contributed by atoms with Crippen LogP contribution in [0.3, 0.4) is 0 Å². The van der Waals surface area contributed by atoms with Gasteiger partial charge in [0.05, 0.1) is 25.2 Å². The number of amides is 1. The Morgan fingerprint density at radius 3 is 2.33 bits per heavy atom. The molecule has 0 aliphatic heterocycles. The molecule has 30 heavy (non-hydrogen) atoms. The molecule has 0 saturated heterocycles.